The fourth-order valence-corrected chi connectivity index (χ4v) is 3.63. The minimum absolute atomic E-state index is 0.315. The lowest BCUT2D eigenvalue weighted by atomic mass is 10.0. The Balaban J connectivity index is 2.18. The van der Waals surface area contributed by atoms with Gasteiger partial charge in [0.05, 0.1) is 4.90 Å². The average molecular weight is 297 g/mol. The molecule has 0 amide bonds. The van der Waals surface area contributed by atoms with Crippen molar-refractivity contribution in [1.29, 1.82) is 0 Å². The molecule has 3 N–H and O–H groups in total. The van der Waals surface area contributed by atoms with E-state index in [9.17, 15) is 8.42 Å². The summed E-state index contributed by atoms with van der Waals surface area (Å²) in [6.45, 7) is 0.674. The van der Waals surface area contributed by atoms with Crippen LogP contribution in [0.25, 0.3) is 0 Å². The number of rotatable bonds is 5. The number of hydrogen-bond acceptors (Lipinski definition) is 4. The molecule has 2 unspecified atom stereocenters. The molecule has 6 heteroatoms. The molecule has 20 heavy (non-hydrogen) atoms. The average Bonchev–Trinajstić information content (AvgIpc) is 2.86. The van der Waals surface area contributed by atoms with Gasteiger partial charge in [-0.15, -0.1) is 0 Å². The summed E-state index contributed by atoms with van der Waals surface area (Å²) in [5.41, 5.74) is 6.62. The molecule has 0 heterocycles. The second-order valence-electron chi connectivity index (χ2n) is 5.49. The van der Waals surface area contributed by atoms with E-state index < -0.39 is 10.0 Å². The number of nitrogens with one attached hydrogen (secondary N) is 1. The van der Waals surface area contributed by atoms with Crippen molar-refractivity contribution in [2.75, 3.05) is 26.0 Å². The minimum Gasteiger partial charge on any atom is -0.382 e. The van der Waals surface area contributed by atoms with Crippen molar-refractivity contribution >= 4 is 15.7 Å². The Hall–Kier alpha value is -1.11. The predicted molar refractivity (Wildman–Crippen MR) is 81.1 cm³/mol. The Bertz CT molecular complexity index is 557. The Morgan fingerprint density at radius 1 is 1.35 bits per heavy atom. The summed E-state index contributed by atoms with van der Waals surface area (Å²) >= 11 is 0. The minimum atomic E-state index is -3.38. The summed E-state index contributed by atoms with van der Waals surface area (Å²) in [6, 6.07) is 7.33. The molecule has 0 spiro atoms. The van der Waals surface area contributed by atoms with E-state index in [-0.39, 0.29) is 0 Å². The van der Waals surface area contributed by atoms with Crippen molar-refractivity contribution in [3.63, 3.8) is 0 Å². The predicted octanol–water partition coefficient (Wildman–Crippen LogP) is 1.48. The van der Waals surface area contributed by atoms with Crippen molar-refractivity contribution in [2.45, 2.75) is 30.2 Å². The van der Waals surface area contributed by atoms with Crippen molar-refractivity contribution in [3.05, 3.63) is 24.3 Å². The summed E-state index contributed by atoms with van der Waals surface area (Å²) in [5, 5.41) is 3.43. The van der Waals surface area contributed by atoms with Crippen LogP contribution in [0.4, 0.5) is 5.69 Å². The summed E-state index contributed by atoms with van der Waals surface area (Å²) in [4.78, 5) is 0.315. The van der Waals surface area contributed by atoms with Crippen molar-refractivity contribution < 1.29 is 8.42 Å². The number of nitrogens with two attached hydrogens (primary N) is 1. The maximum Gasteiger partial charge on any atom is 0.242 e. The van der Waals surface area contributed by atoms with Gasteiger partial charge in [-0.3, -0.25) is 0 Å². The Labute approximate surface area is 121 Å². The van der Waals surface area contributed by atoms with Crippen LogP contribution in [-0.2, 0) is 10.0 Å². The molecule has 2 rings (SSSR count). The number of anilines is 1. The Morgan fingerprint density at radius 3 is 2.75 bits per heavy atom. The van der Waals surface area contributed by atoms with Gasteiger partial charge in [-0.05, 0) is 43.5 Å². The van der Waals surface area contributed by atoms with Gasteiger partial charge in [0, 0.05) is 25.8 Å². The van der Waals surface area contributed by atoms with Gasteiger partial charge in [0.1, 0.15) is 0 Å². The molecule has 2 atom stereocenters. The van der Waals surface area contributed by atoms with E-state index >= 15 is 0 Å². The molecule has 1 aromatic rings. The molecule has 112 valence electrons. The first-order chi connectivity index (χ1) is 9.45. The molecule has 0 aromatic heterocycles. The van der Waals surface area contributed by atoms with Gasteiger partial charge < -0.3 is 11.1 Å². The number of benzene rings is 1. The fraction of sp³-hybridized carbons (Fsp3) is 0.571. The van der Waals surface area contributed by atoms with Crippen LogP contribution in [0.15, 0.2) is 29.2 Å². The summed E-state index contributed by atoms with van der Waals surface area (Å²) < 4.78 is 25.5. The molecule has 1 aromatic carbocycles. The van der Waals surface area contributed by atoms with Gasteiger partial charge in [-0.2, -0.15) is 0 Å². The number of sulfonamides is 1. The second kappa shape index (κ2) is 6.11. The van der Waals surface area contributed by atoms with E-state index in [2.05, 4.69) is 5.32 Å². The fourth-order valence-electron chi connectivity index (χ4n) is 2.68. The zero-order valence-corrected chi connectivity index (χ0v) is 12.9. The summed E-state index contributed by atoms with van der Waals surface area (Å²) in [7, 11) is -0.306. The highest BCUT2D eigenvalue weighted by molar-refractivity contribution is 7.89. The van der Waals surface area contributed by atoms with Crippen LogP contribution in [0, 0.1) is 5.92 Å². The SMILES string of the molecule is CN(C)S(=O)(=O)c1cccc(NC2CCCC2CN)c1. The molecule has 0 saturated heterocycles. The molecule has 1 fully saturated rings. The largest absolute Gasteiger partial charge is 0.382 e. The monoisotopic (exact) mass is 297 g/mol. The van der Waals surface area contributed by atoms with Crippen LogP contribution < -0.4 is 11.1 Å². The first kappa shape index (κ1) is 15.3. The Morgan fingerprint density at radius 2 is 2.10 bits per heavy atom. The molecule has 1 aliphatic carbocycles. The van der Waals surface area contributed by atoms with Crippen molar-refractivity contribution in [2.24, 2.45) is 11.7 Å². The lowest BCUT2D eigenvalue weighted by Crippen LogP contribution is -2.29. The number of nitrogens with zero attached hydrogens (tertiary/aromatic N) is 1. The zero-order chi connectivity index (χ0) is 14.8. The first-order valence-electron chi connectivity index (χ1n) is 6.94. The molecule has 0 radical (unpaired) electrons. The van der Waals surface area contributed by atoms with Crippen LogP contribution in [-0.4, -0.2) is 39.4 Å². The van der Waals surface area contributed by atoms with Gasteiger partial charge in [0.2, 0.25) is 10.0 Å². The lowest BCUT2D eigenvalue weighted by Gasteiger charge is -2.21. The maximum absolute atomic E-state index is 12.1. The molecule has 0 bridgehead atoms. The van der Waals surface area contributed by atoms with E-state index in [0.29, 0.717) is 23.4 Å². The molecule has 1 aliphatic rings. The highest BCUT2D eigenvalue weighted by atomic mass is 32.2. The smallest absolute Gasteiger partial charge is 0.242 e. The van der Waals surface area contributed by atoms with Crippen LogP contribution in [0.5, 0.6) is 0 Å². The lowest BCUT2D eigenvalue weighted by molar-refractivity contribution is 0.515. The van der Waals surface area contributed by atoms with E-state index in [1.165, 1.54) is 24.8 Å². The van der Waals surface area contributed by atoms with Gasteiger partial charge in [0.15, 0.2) is 0 Å². The highest BCUT2D eigenvalue weighted by Gasteiger charge is 2.26. The second-order valence-corrected chi connectivity index (χ2v) is 7.64. The third kappa shape index (κ3) is 3.13. The molecular formula is C14H23N3O2S. The highest BCUT2D eigenvalue weighted by Crippen LogP contribution is 2.28. The van der Waals surface area contributed by atoms with Crippen molar-refractivity contribution in [1.82, 2.24) is 4.31 Å². The van der Waals surface area contributed by atoms with Crippen LogP contribution >= 0.6 is 0 Å². The van der Waals surface area contributed by atoms with Gasteiger partial charge >= 0.3 is 0 Å². The first-order valence-corrected chi connectivity index (χ1v) is 8.38. The van der Waals surface area contributed by atoms with Crippen LogP contribution in [0.2, 0.25) is 0 Å². The summed E-state index contributed by atoms with van der Waals surface area (Å²) in [6.07, 6.45) is 3.41. The van der Waals surface area contributed by atoms with Gasteiger partial charge in [-0.1, -0.05) is 12.5 Å². The third-order valence-electron chi connectivity index (χ3n) is 3.93. The van der Waals surface area contributed by atoms with Gasteiger partial charge in [-0.25, -0.2) is 12.7 Å². The van der Waals surface area contributed by atoms with E-state index in [0.717, 1.165) is 18.5 Å². The quantitative estimate of drug-likeness (QED) is 0.863. The van der Waals surface area contributed by atoms with Crippen molar-refractivity contribution in [3.8, 4) is 0 Å². The maximum atomic E-state index is 12.1. The Kier molecular flexibility index (Phi) is 4.67. The van der Waals surface area contributed by atoms with E-state index in [1.54, 1.807) is 18.2 Å². The number of hydrogen-bond donors (Lipinski definition) is 2. The topological polar surface area (TPSA) is 75.4 Å². The normalized spacial score (nSPS) is 23.2. The zero-order valence-electron chi connectivity index (χ0n) is 12.0. The van der Waals surface area contributed by atoms with E-state index in [4.69, 9.17) is 5.73 Å². The summed E-state index contributed by atoms with van der Waals surface area (Å²) in [5.74, 6) is 0.476. The standard InChI is InChI=1S/C14H23N3O2S/c1-17(2)20(18,19)13-7-4-6-12(9-13)16-14-8-3-5-11(14)10-15/h4,6-7,9,11,14,16H,3,5,8,10,15H2,1-2H3. The molecule has 1 saturated carbocycles. The molecular weight excluding hydrogens is 274 g/mol. The van der Waals surface area contributed by atoms with Gasteiger partial charge in [0.25, 0.3) is 0 Å². The van der Waals surface area contributed by atoms with Crippen LogP contribution in [0.3, 0.4) is 0 Å². The van der Waals surface area contributed by atoms with Crippen LogP contribution in [0.1, 0.15) is 19.3 Å². The molecule has 5 nitrogen and oxygen atoms in total. The third-order valence-corrected chi connectivity index (χ3v) is 5.74. The molecule has 0 aliphatic heterocycles. The van der Waals surface area contributed by atoms with E-state index in [1.807, 2.05) is 6.07 Å².